The monoisotopic (exact) mass is 276 g/mol. The van der Waals surface area contributed by atoms with Gasteiger partial charge in [0.2, 0.25) is 5.91 Å². The van der Waals surface area contributed by atoms with E-state index in [0.29, 0.717) is 13.2 Å². The van der Waals surface area contributed by atoms with Crippen LogP contribution < -0.4 is 5.32 Å². The van der Waals surface area contributed by atoms with Crippen molar-refractivity contribution in [3.63, 3.8) is 0 Å². The van der Waals surface area contributed by atoms with Gasteiger partial charge in [-0.1, -0.05) is 12.1 Å². The van der Waals surface area contributed by atoms with Gasteiger partial charge in [0.15, 0.2) is 0 Å². The van der Waals surface area contributed by atoms with Crippen molar-refractivity contribution in [1.82, 2.24) is 10.3 Å². The molecule has 0 radical (unpaired) electrons. The summed E-state index contributed by atoms with van der Waals surface area (Å²) in [5.41, 5.74) is 1.04. The summed E-state index contributed by atoms with van der Waals surface area (Å²) >= 11 is 1.69. The van der Waals surface area contributed by atoms with E-state index >= 15 is 0 Å². The molecule has 4 nitrogen and oxygen atoms in total. The molecule has 1 saturated heterocycles. The average Bonchev–Trinajstić information content (AvgIpc) is 3.07. The smallest absolute Gasteiger partial charge is 0.249 e. The van der Waals surface area contributed by atoms with Crippen molar-refractivity contribution in [1.29, 1.82) is 0 Å². The highest BCUT2D eigenvalue weighted by atomic mass is 32.1. The Morgan fingerprint density at radius 1 is 1.47 bits per heavy atom. The summed E-state index contributed by atoms with van der Waals surface area (Å²) in [5.74, 6) is 0.0126. The molecule has 0 aliphatic carbocycles. The predicted molar refractivity (Wildman–Crippen MR) is 75.3 cm³/mol. The molecule has 0 spiro atoms. The van der Waals surface area contributed by atoms with Crippen molar-refractivity contribution in [3.8, 4) is 0 Å². The SMILES string of the molecule is O=C(NCCc1nc2ccccc2s1)[C@H]1CCCO1. The fraction of sp³-hybridized carbons (Fsp3) is 0.429. The summed E-state index contributed by atoms with van der Waals surface area (Å²) in [6.45, 7) is 1.33. The standard InChI is InChI=1S/C14H16N2O2S/c17-14(11-5-3-9-18-11)15-8-7-13-16-10-4-1-2-6-12(10)19-13/h1-2,4,6,11H,3,5,7-9H2,(H,15,17)/t11-/m1/s1. The Labute approximate surface area is 115 Å². The Hall–Kier alpha value is -1.46. The molecule has 1 atom stereocenters. The first-order valence-electron chi connectivity index (χ1n) is 6.57. The number of hydrogen-bond acceptors (Lipinski definition) is 4. The van der Waals surface area contributed by atoms with Gasteiger partial charge in [0, 0.05) is 19.6 Å². The van der Waals surface area contributed by atoms with Crippen molar-refractivity contribution in [3.05, 3.63) is 29.3 Å². The molecule has 1 aromatic heterocycles. The number of fused-ring (bicyclic) bond motifs is 1. The molecule has 100 valence electrons. The molecule has 1 fully saturated rings. The van der Waals surface area contributed by atoms with Gasteiger partial charge >= 0.3 is 0 Å². The van der Waals surface area contributed by atoms with Crippen LogP contribution in [0.3, 0.4) is 0 Å². The largest absolute Gasteiger partial charge is 0.368 e. The molecule has 1 aliphatic heterocycles. The van der Waals surface area contributed by atoms with Crippen LogP contribution in [0.4, 0.5) is 0 Å². The van der Waals surface area contributed by atoms with E-state index in [0.717, 1.165) is 29.8 Å². The van der Waals surface area contributed by atoms with Crippen LogP contribution in [0.2, 0.25) is 0 Å². The Bertz CT molecular complexity index is 543. The molecule has 2 aromatic rings. The second-order valence-corrected chi connectivity index (χ2v) is 5.73. The van der Waals surface area contributed by atoms with Crippen molar-refractivity contribution >= 4 is 27.5 Å². The third kappa shape index (κ3) is 2.93. The lowest BCUT2D eigenvalue weighted by Crippen LogP contribution is -2.35. The van der Waals surface area contributed by atoms with Gasteiger partial charge in [0.1, 0.15) is 6.10 Å². The van der Waals surface area contributed by atoms with E-state index in [1.807, 2.05) is 18.2 Å². The number of carbonyl (C=O) groups is 1. The van der Waals surface area contributed by atoms with Gasteiger partial charge in [-0.15, -0.1) is 11.3 Å². The van der Waals surface area contributed by atoms with Gasteiger partial charge in [-0.05, 0) is 25.0 Å². The Morgan fingerprint density at radius 3 is 3.16 bits per heavy atom. The molecule has 1 amide bonds. The Kier molecular flexibility index (Phi) is 3.75. The number of nitrogens with zero attached hydrogens (tertiary/aromatic N) is 1. The highest BCUT2D eigenvalue weighted by molar-refractivity contribution is 7.18. The fourth-order valence-electron chi connectivity index (χ4n) is 2.22. The molecule has 5 heteroatoms. The number of carbonyl (C=O) groups excluding carboxylic acids is 1. The average molecular weight is 276 g/mol. The molecule has 19 heavy (non-hydrogen) atoms. The highest BCUT2D eigenvalue weighted by Gasteiger charge is 2.22. The van der Waals surface area contributed by atoms with Gasteiger partial charge in [0.05, 0.1) is 15.2 Å². The number of para-hydroxylation sites is 1. The Morgan fingerprint density at radius 2 is 2.37 bits per heavy atom. The number of nitrogens with one attached hydrogen (secondary N) is 1. The number of aromatic nitrogens is 1. The summed E-state index contributed by atoms with van der Waals surface area (Å²) in [4.78, 5) is 16.3. The molecule has 2 heterocycles. The van der Waals surface area contributed by atoms with E-state index in [-0.39, 0.29) is 12.0 Å². The van der Waals surface area contributed by atoms with E-state index < -0.39 is 0 Å². The summed E-state index contributed by atoms with van der Waals surface area (Å²) in [7, 11) is 0. The lowest BCUT2D eigenvalue weighted by atomic mass is 10.2. The van der Waals surface area contributed by atoms with Gasteiger partial charge in [-0.2, -0.15) is 0 Å². The van der Waals surface area contributed by atoms with Crippen LogP contribution in [0, 0.1) is 0 Å². The first kappa shape index (κ1) is 12.6. The van der Waals surface area contributed by atoms with Crippen LogP contribution in [0.5, 0.6) is 0 Å². The molecule has 1 aliphatic rings. The van der Waals surface area contributed by atoms with Gasteiger partial charge in [0.25, 0.3) is 0 Å². The minimum absolute atomic E-state index is 0.0126. The first-order chi connectivity index (χ1) is 9.33. The molecule has 3 rings (SSSR count). The van der Waals surface area contributed by atoms with E-state index in [1.54, 1.807) is 11.3 Å². The zero-order valence-electron chi connectivity index (χ0n) is 10.6. The third-order valence-electron chi connectivity index (χ3n) is 3.20. The van der Waals surface area contributed by atoms with Crippen molar-refractivity contribution < 1.29 is 9.53 Å². The lowest BCUT2D eigenvalue weighted by molar-refractivity contribution is -0.129. The second-order valence-electron chi connectivity index (χ2n) is 4.62. The summed E-state index contributed by atoms with van der Waals surface area (Å²) in [6.07, 6.45) is 2.36. The minimum Gasteiger partial charge on any atom is -0.368 e. The van der Waals surface area contributed by atoms with Crippen LogP contribution in [-0.4, -0.2) is 30.1 Å². The molecule has 0 saturated carbocycles. The highest BCUT2D eigenvalue weighted by Crippen LogP contribution is 2.21. The fourth-order valence-corrected chi connectivity index (χ4v) is 3.18. The molecule has 0 unspecified atom stereocenters. The summed E-state index contributed by atoms with van der Waals surface area (Å²) < 4.78 is 6.54. The predicted octanol–water partition coefficient (Wildman–Crippen LogP) is 2.13. The topological polar surface area (TPSA) is 51.2 Å². The zero-order chi connectivity index (χ0) is 13.1. The molecule has 1 N–H and O–H groups in total. The van der Waals surface area contributed by atoms with Crippen LogP contribution in [-0.2, 0) is 16.0 Å². The first-order valence-corrected chi connectivity index (χ1v) is 7.38. The number of benzene rings is 1. The quantitative estimate of drug-likeness (QED) is 0.930. The van der Waals surface area contributed by atoms with Gasteiger partial charge in [-0.3, -0.25) is 4.79 Å². The second kappa shape index (κ2) is 5.67. The maximum absolute atomic E-state index is 11.8. The van der Waals surface area contributed by atoms with E-state index in [9.17, 15) is 4.79 Å². The van der Waals surface area contributed by atoms with Crippen LogP contribution in [0.25, 0.3) is 10.2 Å². The minimum atomic E-state index is -0.240. The number of thiazole rings is 1. The van der Waals surface area contributed by atoms with Crippen LogP contribution in [0.1, 0.15) is 17.8 Å². The zero-order valence-corrected chi connectivity index (χ0v) is 11.4. The maximum Gasteiger partial charge on any atom is 0.249 e. The number of amides is 1. The third-order valence-corrected chi connectivity index (χ3v) is 4.29. The van der Waals surface area contributed by atoms with Gasteiger partial charge in [-0.25, -0.2) is 4.98 Å². The van der Waals surface area contributed by atoms with E-state index in [4.69, 9.17) is 4.74 Å². The van der Waals surface area contributed by atoms with Crippen molar-refractivity contribution in [2.75, 3.05) is 13.2 Å². The molecule has 1 aromatic carbocycles. The van der Waals surface area contributed by atoms with Crippen molar-refractivity contribution in [2.45, 2.75) is 25.4 Å². The van der Waals surface area contributed by atoms with E-state index in [1.165, 1.54) is 4.70 Å². The molecular formula is C14H16N2O2S. The number of hydrogen-bond donors (Lipinski definition) is 1. The summed E-state index contributed by atoms with van der Waals surface area (Å²) in [6, 6.07) is 8.09. The van der Waals surface area contributed by atoms with E-state index in [2.05, 4.69) is 16.4 Å². The number of rotatable bonds is 4. The normalized spacial score (nSPS) is 18.8. The van der Waals surface area contributed by atoms with Crippen molar-refractivity contribution in [2.24, 2.45) is 0 Å². The summed E-state index contributed by atoms with van der Waals surface area (Å²) in [5, 5.41) is 3.98. The molecule has 0 bridgehead atoms. The molecular weight excluding hydrogens is 260 g/mol. The van der Waals surface area contributed by atoms with Gasteiger partial charge < -0.3 is 10.1 Å². The number of ether oxygens (including phenoxy) is 1. The van der Waals surface area contributed by atoms with Crippen LogP contribution >= 0.6 is 11.3 Å². The lowest BCUT2D eigenvalue weighted by Gasteiger charge is -2.09. The maximum atomic E-state index is 11.8. The Balaban J connectivity index is 1.53. The van der Waals surface area contributed by atoms with Crippen LogP contribution in [0.15, 0.2) is 24.3 Å².